The van der Waals surface area contributed by atoms with Crippen molar-refractivity contribution in [2.75, 3.05) is 6.61 Å². The molecule has 0 aliphatic carbocycles. The molecule has 0 aromatic rings. The lowest BCUT2D eigenvalue weighted by atomic mass is 9.68. The maximum absolute atomic E-state index is 9.19. The number of allylic oxidation sites excluding steroid dienone is 1. The lowest BCUT2D eigenvalue weighted by molar-refractivity contribution is 0.116. The van der Waals surface area contributed by atoms with Gasteiger partial charge in [0.05, 0.1) is 0 Å². The minimum absolute atomic E-state index is 0.0301. The van der Waals surface area contributed by atoms with Crippen LogP contribution in [0, 0.1) is 17.3 Å². The second-order valence-corrected chi connectivity index (χ2v) is 4.41. The van der Waals surface area contributed by atoms with Crippen LogP contribution in [-0.4, -0.2) is 11.7 Å². The van der Waals surface area contributed by atoms with Crippen LogP contribution in [0.2, 0.25) is 0 Å². The summed E-state index contributed by atoms with van der Waals surface area (Å²) >= 11 is 0. The molecule has 2 unspecified atom stereocenters. The van der Waals surface area contributed by atoms with Crippen molar-refractivity contribution in [3.63, 3.8) is 0 Å². The van der Waals surface area contributed by atoms with Crippen LogP contribution >= 0.6 is 0 Å². The van der Waals surface area contributed by atoms with Gasteiger partial charge < -0.3 is 5.11 Å². The van der Waals surface area contributed by atoms with E-state index in [1.54, 1.807) is 0 Å². The molecule has 0 aromatic carbocycles. The van der Waals surface area contributed by atoms with Gasteiger partial charge in [0.15, 0.2) is 0 Å². The number of hydrogen-bond donors (Lipinski definition) is 1. The molecule has 0 amide bonds. The van der Waals surface area contributed by atoms with Crippen molar-refractivity contribution in [1.29, 1.82) is 0 Å². The minimum Gasteiger partial charge on any atom is -0.396 e. The molecule has 0 spiro atoms. The van der Waals surface area contributed by atoms with Gasteiger partial charge in [-0.25, -0.2) is 0 Å². The Kier molecular flexibility index (Phi) is 4.41. The summed E-state index contributed by atoms with van der Waals surface area (Å²) in [5.41, 5.74) is 1.19. The molecule has 0 rings (SSSR count). The maximum atomic E-state index is 9.19. The average molecular weight is 182 g/mol. The van der Waals surface area contributed by atoms with Gasteiger partial charge in [0.1, 0.15) is 0 Å². The van der Waals surface area contributed by atoms with E-state index in [2.05, 4.69) is 33.9 Å². The summed E-state index contributed by atoms with van der Waals surface area (Å²) in [6, 6.07) is 0. The molecule has 0 heterocycles. The molecule has 1 nitrogen and oxygen atoms in total. The summed E-state index contributed by atoms with van der Waals surface area (Å²) < 4.78 is 0. The molecule has 0 saturated heterocycles. The quantitative estimate of drug-likeness (QED) is 0.648. The first kappa shape index (κ1) is 12.4. The largest absolute Gasteiger partial charge is 0.396 e. The van der Waals surface area contributed by atoms with Crippen LogP contribution in [0.3, 0.4) is 0 Å². The molecule has 1 N–H and O–H groups in total. The van der Waals surface area contributed by atoms with Crippen LogP contribution in [0.4, 0.5) is 0 Å². The van der Waals surface area contributed by atoms with Crippen LogP contribution in [0.15, 0.2) is 24.8 Å². The van der Waals surface area contributed by atoms with Gasteiger partial charge in [0.25, 0.3) is 0 Å². The molecule has 0 aliphatic heterocycles. The summed E-state index contributed by atoms with van der Waals surface area (Å²) in [5.74, 6) is 0.529. The molecule has 0 bridgehead atoms. The van der Waals surface area contributed by atoms with Crippen molar-refractivity contribution >= 4 is 0 Å². The zero-order valence-electron chi connectivity index (χ0n) is 9.30. The fourth-order valence-corrected chi connectivity index (χ4v) is 1.57. The Morgan fingerprint density at radius 3 is 2.23 bits per heavy atom. The summed E-state index contributed by atoms with van der Waals surface area (Å²) in [6.45, 7) is 16.3. The van der Waals surface area contributed by atoms with Crippen LogP contribution in [0.1, 0.15) is 27.7 Å². The van der Waals surface area contributed by atoms with E-state index in [9.17, 15) is 5.11 Å². The average Bonchev–Trinajstić information content (AvgIpc) is 2.04. The number of hydrogen-bond acceptors (Lipinski definition) is 1. The zero-order chi connectivity index (χ0) is 10.6. The Balaban J connectivity index is 4.70. The fraction of sp³-hybridized carbons (Fsp3) is 0.667. The molecule has 1 heteroatoms. The monoisotopic (exact) mass is 182 g/mol. The Labute approximate surface area is 82.2 Å². The number of aliphatic hydroxyl groups is 1. The van der Waals surface area contributed by atoms with Gasteiger partial charge in [0.2, 0.25) is 0 Å². The summed E-state index contributed by atoms with van der Waals surface area (Å²) in [7, 11) is 0. The van der Waals surface area contributed by atoms with E-state index in [1.807, 2.05) is 13.0 Å². The first-order chi connectivity index (χ1) is 5.87. The lowest BCUT2D eigenvalue weighted by Crippen LogP contribution is -2.32. The van der Waals surface area contributed by atoms with Crippen molar-refractivity contribution in [1.82, 2.24) is 0 Å². The Bertz CT molecular complexity index is 187. The number of aliphatic hydroxyl groups excluding tert-OH is 1. The van der Waals surface area contributed by atoms with E-state index >= 15 is 0 Å². The van der Waals surface area contributed by atoms with Gasteiger partial charge in [0, 0.05) is 12.5 Å². The van der Waals surface area contributed by atoms with Gasteiger partial charge in [-0.2, -0.15) is 0 Å². The fourth-order valence-electron chi connectivity index (χ4n) is 1.57. The smallest absolute Gasteiger partial charge is 0.0499 e. The molecule has 0 aromatic heterocycles. The lowest BCUT2D eigenvalue weighted by Gasteiger charge is -2.37. The third kappa shape index (κ3) is 2.70. The van der Waals surface area contributed by atoms with E-state index in [0.29, 0.717) is 5.92 Å². The van der Waals surface area contributed by atoms with E-state index in [-0.39, 0.29) is 17.9 Å². The van der Waals surface area contributed by atoms with Crippen molar-refractivity contribution < 1.29 is 5.11 Å². The topological polar surface area (TPSA) is 20.2 Å². The third-order valence-electron chi connectivity index (χ3n) is 3.29. The van der Waals surface area contributed by atoms with Gasteiger partial charge in [-0.15, -0.1) is 6.58 Å². The van der Waals surface area contributed by atoms with Gasteiger partial charge >= 0.3 is 0 Å². The molecule has 0 aliphatic rings. The van der Waals surface area contributed by atoms with E-state index < -0.39 is 0 Å². The van der Waals surface area contributed by atoms with E-state index in [1.165, 1.54) is 0 Å². The normalized spacial score (nSPS) is 16.4. The highest BCUT2D eigenvalue weighted by molar-refractivity contribution is 5.05. The molecule has 13 heavy (non-hydrogen) atoms. The van der Waals surface area contributed by atoms with Crippen molar-refractivity contribution in [2.45, 2.75) is 27.7 Å². The molecule has 0 fully saturated rings. The highest BCUT2D eigenvalue weighted by Gasteiger charge is 2.32. The first-order valence-electron chi connectivity index (χ1n) is 4.76. The van der Waals surface area contributed by atoms with E-state index in [0.717, 1.165) is 5.57 Å². The molecule has 2 atom stereocenters. The van der Waals surface area contributed by atoms with Crippen LogP contribution in [-0.2, 0) is 0 Å². The summed E-state index contributed by atoms with van der Waals surface area (Å²) in [4.78, 5) is 0. The zero-order valence-corrected chi connectivity index (χ0v) is 9.30. The first-order valence-corrected chi connectivity index (χ1v) is 4.76. The van der Waals surface area contributed by atoms with Crippen molar-refractivity contribution in [2.24, 2.45) is 17.3 Å². The third-order valence-corrected chi connectivity index (χ3v) is 3.29. The standard InChI is InChI=1S/C12H22O/c1-7-11(8-13)12(5,6)10(4)9(2)3/h7,10-11,13H,1-2,8H2,3-6H3. The SMILES string of the molecule is C=CC(CO)C(C)(C)C(C)C(=C)C. The second-order valence-electron chi connectivity index (χ2n) is 4.41. The Hall–Kier alpha value is -0.560. The molecular weight excluding hydrogens is 160 g/mol. The maximum Gasteiger partial charge on any atom is 0.0499 e. The Morgan fingerprint density at radius 2 is 2.00 bits per heavy atom. The van der Waals surface area contributed by atoms with Crippen LogP contribution < -0.4 is 0 Å². The molecule has 0 saturated carbocycles. The van der Waals surface area contributed by atoms with E-state index in [4.69, 9.17) is 0 Å². The highest BCUT2D eigenvalue weighted by atomic mass is 16.3. The van der Waals surface area contributed by atoms with Crippen LogP contribution in [0.5, 0.6) is 0 Å². The highest BCUT2D eigenvalue weighted by Crippen LogP contribution is 2.38. The van der Waals surface area contributed by atoms with Crippen molar-refractivity contribution in [3.05, 3.63) is 24.8 Å². The number of rotatable bonds is 5. The van der Waals surface area contributed by atoms with Gasteiger partial charge in [-0.3, -0.25) is 0 Å². The Morgan fingerprint density at radius 1 is 1.54 bits per heavy atom. The van der Waals surface area contributed by atoms with Crippen LogP contribution in [0.25, 0.3) is 0 Å². The van der Waals surface area contributed by atoms with Gasteiger partial charge in [-0.1, -0.05) is 39.0 Å². The predicted molar refractivity (Wildman–Crippen MR) is 58.5 cm³/mol. The summed E-state index contributed by atoms with van der Waals surface area (Å²) in [6.07, 6.45) is 1.83. The van der Waals surface area contributed by atoms with Gasteiger partial charge in [-0.05, 0) is 18.3 Å². The predicted octanol–water partition coefficient (Wildman–Crippen LogP) is 3.02. The second kappa shape index (κ2) is 4.61. The summed E-state index contributed by atoms with van der Waals surface area (Å²) in [5, 5.41) is 9.19. The molecule has 76 valence electrons. The minimum atomic E-state index is 0.0301. The van der Waals surface area contributed by atoms with Crippen molar-refractivity contribution in [3.8, 4) is 0 Å². The molecular formula is C12H22O. The molecule has 0 radical (unpaired) electrons.